The van der Waals surface area contributed by atoms with Gasteiger partial charge in [-0.25, -0.2) is 0 Å². The minimum atomic E-state index is -0.0459. The van der Waals surface area contributed by atoms with E-state index in [1.165, 1.54) is 11.1 Å². The van der Waals surface area contributed by atoms with Crippen LogP contribution >= 0.6 is 0 Å². The van der Waals surface area contributed by atoms with Crippen LogP contribution in [0.15, 0.2) is 49.1 Å². The maximum atomic E-state index is 13.4. The van der Waals surface area contributed by atoms with Crippen LogP contribution in [0.1, 0.15) is 46.8 Å². The molecule has 1 aliphatic heterocycles. The van der Waals surface area contributed by atoms with E-state index < -0.39 is 0 Å². The topological polar surface area (TPSA) is 48.0 Å². The van der Waals surface area contributed by atoms with Crippen molar-refractivity contribution in [2.24, 2.45) is 0 Å². The van der Waals surface area contributed by atoms with Crippen molar-refractivity contribution in [1.82, 2.24) is 4.90 Å². The van der Waals surface area contributed by atoms with Gasteiger partial charge in [0.15, 0.2) is 6.79 Å². The van der Waals surface area contributed by atoms with Gasteiger partial charge in [-0.1, -0.05) is 50.8 Å². The van der Waals surface area contributed by atoms with E-state index in [2.05, 4.69) is 32.6 Å². The zero-order valence-corrected chi connectivity index (χ0v) is 16.7. The van der Waals surface area contributed by atoms with Crippen LogP contribution in [0.2, 0.25) is 0 Å². The fourth-order valence-corrected chi connectivity index (χ4v) is 3.36. The van der Waals surface area contributed by atoms with Crippen molar-refractivity contribution in [2.75, 3.05) is 20.5 Å². The Morgan fingerprint density at radius 3 is 2.39 bits per heavy atom. The average molecular weight is 381 g/mol. The summed E-state index contributed by atoms with van der Waals surface area (Å²) in [6.07, 6.45) is 1.66. The standard InChI is InChI=1S/C23H27NO4/c1-5-10-27-22-12-21(28-15-26-4)19(16(2)3)11-20(22)23(25)24-13-17-8-6-7-9-18(17)14-24/h5-9,11-12,16H,1,10,13-15H2,2-4H3. The molecule has 0 saturated heterocycles. The predicted octanol–water partition coefficient (Wildman–Crippen LogP) is 4.51. The quantitative estimate of drug-likeness (QED) is 0.498. The van der Waals surface area contributed by atoms with Crippen LogP contribution in [0.4, 0.5) is 0 Å². The molecule has 2 aromatic rings. The number of rotatable bonds is 8. The minimum absolute atomic E-state index is 0.0459. The Bertz CT molecular complexity index is 835. The summed E-state index contributed by atoms with van der Waals surface area (Å²) in [5.74, 6) is 1.30. The Morgan fingerprint density at radius 2 is 1.82 bits per heavy atom. The lowest BCUT2D eigenvalue weighted by Crippen LogP contribution is -2.26. The number of fused-ring (bicyclic) bond motifs is 1. The summed E-state index contributed by atoms with van der Waals surface area (Å²) < 4.78 is 16.6. The first kappa shape index (κ1) is 20.0. The summed E-state index contributed by atoms with van der Waals surface area (Å²) >= 11 is 0. The van der Waals surface area contributed by atoms with Crippen LogP contribution in [0.25, 0.3) is 0 Å². The molecule has 28 heavy (non-hydrogen) atoms. The molecule has 0 aromatic heterocycles. The van der Waals surface area contributed by atoms with Crippen molar-refractivity contribution in [3.63, 3.8) is 0 Å². The van der Waals surface area contributed by atoms with Gasteiger partial charge in [-0.3, -0.25) is 4.79 Å². The number of carbonyl (C=O) groups is 1. The number of nitrogens with zero attached hydrogens (tertiary/aromatic N) is 1. The predicted molar refractivity (Wildman–Crippen MR) is 109 cm³/mol. The van der Waals surface area contributed by atoms with Gasteiger partial charge in [0, 0.05) is 26.3 Å². The van der Waals surface area contributed by atoms with Gasteiger partial charge in [0.1, 0.15) is 18.1 Å². The van der Waals surface area contributed by atoms with E-state index in [0.717, 1.165) is 5.56 Å². The minimum Gasteiger partial charge on any atom is -0.489 e. The van der Waals surface area contributed by atoms with E-state index in [1.807, 2.05) is 23.1 Å². The Morgan fingerprint density at radius 1 is 1.14 bits per heavy atom. The van der Waals surface area contributed by atoms with E-state index >= 15 is 0 Å². The third-order valence-electron chi connectivity index (χ3n) is 4.78. The lowest BCUT2D eigenvalue weighted by molar-refractivity contribution is 0.0500. The van der Waals surface area contributed by atoms with Crippen molar-refractivity contribution >= 4 is 5.91 Å². The number of hydrogen-bond donors (Lipinski definition) is 0. The zero-order valence-electron chi connectivity index (χ0n) is 16.7. The van der Waals surface area contributed by atoms with Crippen molar-refractivity contribution in [3.8, 4) is 11.5 Å². The second-order valence-corrected chi connectivity index (χ2v) is 7.12. The fraction of sp³-hybridized carbons (Fsp3) is 0.348. The highest BCUT2D eigenvalue weighted by Crippen LogP contribution is 2.36. The van der Waals surface area contributed by atoms with E-state index in [0.29, 0.717) is 36.8 Å². The average Bonchev–Trinajstić information content (AvgIpc) is 3.14. The molecule has 1 heterocycles. The van der Waals surface area contributed by atoms with Crippen LogP contribution in [0.3, 0.4) is 0 Å². The van der Waals surface area contributed by atoms with Crippen molar-refractivity contribution in [3.05, 3.63) is 71.3 Å². The van der Waals surface area contributed by atoms with E-state index in [1.54, 1.807) is 19.3 Å². The Labute approximate surface area is 166 Å². The summed E-state index contributed by atoms with van der Waals surface area (Å²) in [4.78, 5) is 15.2. The molecule has 0 aliphatic carbocycles. The van der Waals surface area contributed by atoms with Crippen molar-refractivity contribution in [1.29, 1.82) is 0 Å². The van der Waals surface area contributed by atoms with Gasteiger partial charge in [-0.2, -0.15) is 0 Å². The monoisotopic (exact) mass is 381 g/mol. The maximum Gasteiger partial charge on any atom is 0.258 e. The molecular formula is C23H27NO4. The van der Waals surface area contributed by atoms with Gasteiger partial charge >= 0.3 is 0 Å². The highest BCUT2D eigenvalue weighted by molar-refractivity contribution is 5.97. The molecule has 0 fully saturated rings. The molecule has 5 nitrogen and oxygen atoms in total. The summed E-state index contributed by atoms with van der Waals surface area (Å²) in [7, 11) is 1.58. The first-order valence-electron chi connectivity index (χ1n) is 9.44. The molecule has 1 aliphatic rings. The van der Waals surface area contributed by atoms with E-state index in [9.17, 15) is 4.79 Å². The molecule has 5 heteroatoms. The molecule has 0 unspecified atom stereocenters. The second kappa shape index (κ2) is 8.93. The number of benzene rings is 2. The first-order valence-corrected chi connectivity index (χ1v) is 9.44. The van der Waals surface area contributed by atoms with Gasteiger partial charge in [0.05, 0.1) is 5.56 Å². The third-order valence-corrected chi connectivity index (χ3v) is 4.78. The zero-order chi connectivity index (χ0) is 20.1. The molecule has 0 radical (unpaired) electrons. The molecule has 2 aromatic carbocycles. The summed E-state index contributed by atoms with van der Waals surface area (Å²) in [5, 5.41) is 0. The first-order chi connectivity index (χ1) is 13.5. The number of carbonyl (C=O) groups excluding carboxylic acids is 1. The van der Waals surface area contributed by atoms with Crippen molar-refractivity contribution in [2.45, 2.75) is 32.9 Å². The summed E-state index contributed by atoms with van der Waals surface area (Å²) in [5.41, 5.74) is 3.87. The molecule has 0 saturated carbocycles. The molecule has 0 N–H and O–H groups in total. The van der Waals surface area contributed by atoms with Crippen LogP contribution in [-0.2, 0) is 17.8 Å². The normalized spacial score (nSPS) is 12.8. The lowest BCUT2D eigenvalue weighted by Gasteiger charge is -2.21. The maximum absolute atomic E-state index is 13.4. The number of methoxy groups -OCH3 is 1. The number of hydrogen-bond acceptors (Lipinski definition) is 4. The Hall–Kier alpha value is -2.79. The van der Waals surface area contributed by atoms with Gasteiger partial charge in [0.2, 0.25) is 0 Å². The second-order valence-electron chi connectivity index (χ2n) is 7.12. The largest absolute Gasteiger partial charge is 0.489 e. The Kier molecular flexibility index (Phi) is 6.37. The lowest BCUT2D eigenvalue weighted by atomic mass is 9.98. The van der Waals surface area contributed by atoms with Crippen LogP contribution < -0.4 is 9.47 Å². The van der Waals surface area contributed by atoms with Gasteiger partial charge in [-0.05, 0) is 28.7 Å². The smallest absolute Gasteiger partial charge is 0.258 e. The molecular weight excluding hydrogens is 354 g/mol. The molecule has 3 rings (SSSR count). The van der Waals surface area contributed by atoms with E-state index in [4.69, 9.17) is 14.2 Å². The van der Waals surface area contributed by atoms with Gasteiger partial charge in [0.25, 0.3) is 5.91 Å². The van der Waals surface area contributed by atoms with Crippen LogP contribution in [0.5, 0.6) is 11.5 Å². The molecule has 0 spiro atoms. The third kappa shape index (κ3) is 4.20. The van der Waals surface area contributed by atoms with E-state index in [-0.39, 0.29) is 18.6 Å². The van der Waals surface area contributed by atoms with Gasteiger partial charge < -0.3 is 19.1 Å². The van der Waals surface area contributed by atoms with Crippen molar-refractivity contribution < 1.29 is 19.0 Å². The summed E-state index contributed by atoms with van der Waals surface area (Å²) in [6.45, 7) is 9.50. The molecule has 1 amide bonds. The summed E-state index contributed by atoms with van der Waals surface area (Å²) in [6, 6.07) is 11.8. The highest BCUT2D eigenvalue weighted by atomic mass is 16.7. The number of ether oxygens (including phenoxy) is 3. The fourth-order valence-electron chi connectivity index (χ4n) is 3.36. The molecule has 0 atom stereocenters. The molecule has 0 bridgehead atoms. The van der Waals surface area contributed by atoms with Crippen LogP contribution in [0, 0.1) is 0 Å². The SMILES string of the molecule is C=CCOc1cc(OCOC)c(C(C)C)cc1C(=O)N1Cc2ccccc2C1. The van der Waals surface area contributed by atoms with Crippen LogP contribution in [-0.4, -0.2) is 31.3 Å². The number of amides is 1. The highest BCUT2D eigenvalue weighted by Gasteiger charge is 2.27. The van der Waals surface area contributed by atoms with Gasteiger partial charge in [-0.15, -0.1) is 0 Å². The molecule has 148 valence electrons. The Balaban J connectivity index is 1.96.